The van der Waals surface area contributed by atoms with Crippen LogP contribution in [0.4, 0.5) is 4.79 Å². The zero-order chi connectivity index (χ0) is 14.8. The van der Waals surface area contributed by atoms with Gasteiger partial charge in [-0.15, -0.1) is 0 Å². The summed E-state index contributed by atoms with van der Waals surface area (Å²) in [6.07, 6.45) is 0. The maximum Gasteiger partial charge on any atom is 0.317 e. The molecule has 0 bridgehead atoms. The van der Waals surface area contributed by atoms with Crippen LogP contribution in [0, 0.1) is 0 Å². The third kappa shape index (κ3) is 2.82. The fraction of sp³-hybridized carbons (Fsp3) is 0.533. The van der Waals surface area contributed by atoms with Crippen molar-refractivity contribution in [3.05, 3.63) is 29.3 Å². The molecule has 21 heavy (non-hydrogen) atoms. The molecule has 0 spiro atoms. The molecular weight excluding hydrogens is 268 g/mol. The molecule has 0 aromatic heterocycles. The highest BCUT2D eigenvalue weighted by Gasteiger charge is 2.35. The molecule has 0 saturated carbocycles. The fourth-order valence-corrected chi connectivity index (χ4v) is 3.14. The normalized spacial score (nSPS) is 22.1. The van der Waals surface area contributed by atoms with Crippen molar-refractivity contribution in [2.75, 3.05) is 33.3 Å². The second kappa shape index (κ2) is 5.91. The molecular formula is C15H22N4O2. The number of carbonyl (C=O) groups excluding carboxylic acids is 1. The number of nitrogens with zero attached hydrogens (tertiary/aromatic N) is 2. The van der Waals surface area contributed by atoms with Gasteiger partial charge in [-0.25, -0.2) is 4.79 Å². The number of piperazine rings is 1. The average Bonchev–Trinajstić information content (AvgIpc) is 2.88. The molecule has 3 rings (SSSR count). The average molecular weight is 290 g/mol. The minimum atomic E-state index is 0.0716. The van der Waals surface area contributed by atoms with Gasteiger partial charge in [0.25, 0.3) is 0 Å². The lowest BCUT2D eigenvalue weighted by Crippen LogP contribution is -2.51. The van der Waals surface area contributed by atoms with Gasteiger partial charge >= 0.3 is 6.03 Å². The van der Waals surface area contributed by atoms with Crippen molar-refractivity contribution < 1.29 is 9.53 Å². The van der Waals surface area contributed by atoms with Gasteiger partial charge in [0, 0.05) is 44.8 Å². The lowest BCUT2D eigenvalue weighted by Gasteiger charge is -2.36. The first-order chi connectivity index (χ1) is 10.2. The quantitative estimate of drug-likeness (QED) is 0.840. The Morgan fingerprint density at radius 2 is 2.29 bits per heavy atom. The number of amides is 2. The number of nitrogens with one attached hydrogen (secondary N) is 1. The van der Waals surface area contributed by atoms with Crippen LogP contribution in [0.5, 0.6) is 5.75 Å². The van der Waals surface area contributed by atoms with Crippen LogP contribution in [0.15, 0.2) is 18.2 Å². The second-order valence-corrected chi connectivity index (χ2v) is 5.62. The molecule has 1 aromatic rings. The van der Waals surface area contributed by atoms with Gasteiger partial charge in [-0.2, -0.15) is 0 Å². The van der Waals surface area contributed by atoms with E-state index in [1.807, 2.05) is 17.0 Å². The summed E-state index contributed by atoms with van der Waals surface area (Å²) in [6.45, 7) is 4.68. The van der Waals surface area contributed by atoms with Crippen molar-refractivity contribution in [1.82, 2.24) is 15.1 Å². The van der Waals surface area contributed by atoms with E-state index in [1.54, 1.807) is 7.11 Å². The molecule has 2 amide bonds. The molecule has 2 saturated heterocycles. The van der Waals surface area contributed by atoms with Crippen LogP contribution < -0.4 is 15.8 Å². The largest absolute Gasteiger partial charge is 0.496 e. The van der Waals surface area contributed by atoms with E-state index in [0.29, 0.717) is 6.54 Å². The summed E-state index contributed by atoms with van der Waals surface area (Å²) in [5, 5.41) is 2.91. The summed E-state index contributed by atoms with van der Waals surface area (Å²) in [6, 6.07) is 6.45. The number of rotatable bonds is 4. The second-order valence-electron chi connectivity index (χ2n) is 5.62. The fourth-order valence-electron chi connectivity index (χ4n) is 3.14. The third-order valence-corrected chi connectivity index (χ3v) is 4.29. The predicted molar refractivity (Wildman–Crippen MR) is 80.1 cm³/mol. The highest BCUT2D eigenvalue weighted by molar-refractivity contribution is 5.77. The minimum Gasteiger partial charge on any atom is -0.496 e. The number of nitrogens with two attached hydrogens (primary N) is 1. The highest BCUT2D eigenvalue weighted by atomic mass is 16.5. The molecule has 0 aliphatic carbocycles. The van der Waals surface area contributed by atoms with Gasteiger partial charge in [0.05, 0.1) is 13.2 Å². The SMILES string of the molecule is COc1ccc(CN)cc1CN1CCN2C(=O)NCC2C1. The summed E-state index contributed by atoms with van der Waals surface area (Å²) in [4.78, 5) is 15.9. The van der Waals surface area contributed by atoms with Crippen molar-refractivity contribution in [2.24, 2.45) is 5.73 Å². The molecule has 1 atom stereocenters. The number of hydrogen-bond acceptors (Lipinski definition) is 4. The molecule has 6 heteroatoms. The zero-order valence-corrected chi connectivity index (χ0v) is 12.3. The Hall–Kier alpha value is -1.79. The summed E-state index contributed by atoms with van der Waals surface area (Å²) in [5.41, 5.74) is 7.99. The van der Waals surface area contributed by atoms with E-state index in [0.717, 1.165) is 49.6 Å². The Labute approximate surface area is 124 Å². The van der Waals surface area contributed by atoms with E-state index in [4.69, 9.17) is 10.5 Å². The van der Waals surface area contributed by atoms with Crippen LogP contribution in [0.25, 0.3) is 0 Å². The monoisotopic (exact) mass is 290 g/mol. The zero-order valence-electron chi connectivity index (χ0n) is 12.3. The molecule has 1 unspecified atom stereocenters. The van der Waals surface area contributed by atoms with Gasteiger partial charge in [0.1, 0.15) is 5.75 Å². The summed E-state index contributed by atoms with van der Waals surface area (Å²) < 4.78 is 5.45. The standard InChI is InChI=1S/C15H22N4O2/c1-21-14-3-2-11(7-16)6-12(14)9-18-4-5-19-13(10-18)8-17-15(19)20/h2-3,6,13H,4-5,7-10,16H2,1H3,(H,17,20). The number of hydrogen-bond donors (Lipinski definition) is 2. The first-order valence-electron chi connectivity index (χ1n) is 7.34. The first-order valence-corrected chi connectivity index (χ1v) is 7.34. The number of benzene rings is 1. The summed E-state index contributed by atoms with van der Waals surface area (Å²) in [7, 11) is 1.69. The highest BCUT2D eigenvalue weighted by Crippen LogP contribution is 2.23. The van der Waals surface area contributed by atoms with Crippen molar-refractivity contribution in [2.45, 2.75) is 19.1 Å². The van der Waals surface area contributed by atoms with Gasteiger partial charge in [0.2, 0.25) is 0 Å². The van der Waals surface area contributed by atoms with Crippen LogP contribution in [-0.2, 0) is 13.1 Å². The predicted octanol–water partition coefficient (Wildman–Crippen LogP) is 0.363. The molecule has 2 aliphatic heterocycles. The molecule has 3 N–H and O–H groups in total. The molecule has 6 nitrogen and oxygen atoms in total. The number of carbonyl (C=O) groups is 1. The molecule has 0 radical (unpaired) electrons. The van der Waals surface area contributed by atoms with Crippen LogP contribution >= 0.6 is 0 Å². The van der Waals surface area contributed by atoms with Crippen molar-refractivity contribution >= 4 is 6.03 Å². The number of urea groups is 1. The minimum absolute atomic E-state index is 0.0716. The molecule has 2 fully saturated rings. The Kier molecular flexibility index (Phi) is 3.98. The maximum absolute atomic E-state index is 11.6. The van der Waals surface area contributed by atoms with Crippen LogP contribution in [-0.4, -0.2) is 55.2 Å². The number of ether oxygens (including phenoxy) is 1. The van der Waals surface area contributed by atoms with Gasteiger partial charge < -0.3 is 20.7 Å². The van der Waals surface area contributed by atoms with E-state index in [-0.39, 0.29) is 12.1 Å². The Morgan fingerprint density at radius 3 is 3.05 bits per heavy atom. The van der Waals surface area contributed by atoms with Gasteiger partial charge in [-0.3, -0.25) is 4.90 Å². The van der Waals surface area contributed by atoms with Crippen molar-refractivity contribution in [3.8, 4) is 5.75 Å². The van der Waals surface area contributed by atoms with Gasteiger partial charge in [0.15, 0.2) is 0 Å². The first kappa shape index (κ1) is 14.2. The van der Waals surface area contributed by atoms with Crippen LogP contribution in [0.3, 0.4) is 0 Å². The topological polar surface area (TPSA) is 70.8 Å². The number of methoxy groups -OCH3 is 1. The molecule has 114 valence electrons. The van der Waals surface area contributed by atoms with E-state index in [9.17, 15) is 4.79 Å². The summed E-state index contributed by atoms with van der Waals surface area (Å²) >= 11 is 0. The maximum atomic E-state index is 11.6. The smallest absolute Gasteiger partial charge is 0.317 e. The van der Waals surface area contributed by atoms with Crippen molar-refractivity contribution in [1.29, 1.82) is 0 Å². The third-order valence-electron chi connectivity index (χ3n) is 4.29. The summed E-state index contributed by atoms with van der Waals surface area (Å²) in [5.74, 6) is 0.898. The Morgan fingerprint density at radius 1 is 1.43 bits per heavy atom. The van der Waals surface area contributed by atoms with Crippen LogP contribution in [0.2, 0.25) is 0 Å². The van der Waals surface area contributed by atoms with E-state index in [1.165, 1.54) is 0 Å². The molecule has 1 aromatic carbocycles. The number of fused-ring (bicyclic) bond motifs is 1. The lowest BCUT2D eigenvalue weighted by molar-refractivity contribution is 0.116. The van der Waals surface area contributed by atoms with Gasteiger partial charge in [-0.1, -0.05) is 6.07 Å². The van der Waals surface area contributed by atoms with Crippen LogP contribution in [0.1, 0.15) is 11.1 Å². The molecule has 2 heterocycles. The van der Waals surface area contributed by atoms with E-state index in [2.05, 4.69) is 16.3 Å². The van der Waals surface area contributed by atoms with E-state index >= 15 is 0 Å². The van der Waals surface area contributed by atoms with E-state index < -0.39 is 0 Å². The Balaban J connectivity index is 1.71. The molecule has 2 aliphatic rings. The Bertz CT molecular complexity index is 534. The van der Waals surface area contributed by atoms with Crippen molar-refractivity contribution in [3.63, 3.8) is 0 Å². The van der Waals surface area contributed by atoms with Gasteiger partial charge in [-0.05, 0) is 17.7 Å². The lowest BCUT2D eigenvalue weighted by atomic mass is 10.1.